The van der Waals surface area contributed by atoms with Crippen LogP contribution in [0.3, 0.4) is 0 Å². The molecule has 23 heavy (non-hydrogen) atoms. The number of nitrogens with zero attached hydrogens (tertiary/aromatic N) is 1. The SMILES string of the molecule is O=C([O-])c1ccnc(/C=C/c2ccc(-c3ccccc3)cc2)c1. The molecule has 0 N–H and O–H groups in total. The van der Waals surface area contributed by atoms with Crippen molar-refractivity contribution in [2.24, 2.45) is 0 Å². The lowest BCUT2D eigenvalue weighted by molar-refractivity contribution is -0.255. The van der Waals surface area contributed by atoms with E-state index in [9.17, 15) is 9.90 Å². The van der Waals surface area contributed by atoms with Crippen molar-refractivity contribution in [3.8, 4) is 11.1 Å². The Hall–Kier alpha value is -3.20. The van der Waals surface area contributed by atoms with Gasteiger partial charge in [-0.25, -0.2) is 0 Å². The Bertz CT molecular complexity index is 837. The number of rotatable bonds is 4. The van der Waals surface area contributed by atoms with Gasteiger partial charge in [-0.3, -0.25) is 4.98 Å². The Balaban J connectivity index is 1.78. The molecular weight excluding hydrogens is 286 g/mol. The number of pyridine rings is 1. The van der Waals surface area contributed by atoms with Gasteiger partial charge in [-0.15, -0.1) is 0 Å². The van der Waals surface area contributed by atoms with Crippen LogP contribution in [0.5, 0.6) is 0 Å². The lowest BCUT2D eigenvalue weighted by atomic mass is 10.0. The van der Waals surface area contributed by atoms with Gasteiger partial charge in [0.15, 0.2) is 0 Å². The number of aromatic carboxylic acids is 1. The minimum Gasteiger partial charge on any atom is -0.545 e. The lowest BCUT2D eigenvalue weighted by Crippen LogP contribution is -2.22. The van der Waals surface area contributed by atoms with E-state index < -0.39 is 5.97 Å². The first-order valence-electron chi connectivity index (χ1n) is 7.23. The fraction of sp³-hybridized carbons (Fsp3) is 0. The number of carbonyl (C=O) groups excluding carboxylic acids is 1. The van der Waals surface area contributed by atoms with Crippen LogP contribution in [0.25, 0.3) is 23.3 Å². The summed E-state index contributed by atoms with van der Waals surface area (Å²) in [6.45, 7) is 0. The molecule has 0 atom stereocenters. The molecule has 0 amide bonds. The van der Waals surface area contributed by atoms with Gasteiger partial charge in [-0.05, 0) is 34.9 Å². The highest BCUT2D eigenvalue weighted by atomic mass is 16.4. The van der Waals surface area contributed by atoms with Gasteiger partial charge in [0.1, 0.15) is 0 Å². The van der Waals surface area contributed by atoms with E-state index in [0.29, 0.717) is 5.69 Å². The number of hydrogen-bond donors (Lipinski definition) is 0. The van der Waals surface area contributed by atoms with Crippen LogP contribution in [0.15, 0.2) is 72.9 Å². The monoisotopic (exact) mass is 300 g/mol. The molecule has 3 heteroatoms. The fourth-order valence-corrected chi connectivity index (χ4v) is 2.27. The van der Waals surface area contributed by atoms with Crippen molar-refractivity contribution < 1.29 is 9.90 Å². The van der Waals surface area contributed by atoms with Crippen molar-refractivity contribution in [2.45, 2.75) is 0 Å². The Kier molecular flexibility index (Phi) is 4.29. The zero-order valence-electron chi connectivity index (χ0n) is 12.3. The Morgan fingerprint density at radius 2 is 1.57 bits per heavy atom. The van der Waals surface area contributed by atoms with Crippen molar-refractivity contribution in [1.82, 2.24) is 4.98 Å². The molecule has 3 rings (SSSR count). The van der Waals surface area contributed by atoms with E-state index in [1.165, 1.54) is 23.9 Å². The molecule has 0 radical (unpaired) electrons. The summed E-state index contributed by atoms with van der Waals surface area (Å²) < 4.78 is 0. The summed E-state index contributed by atoms with van der Waals surface area (Å²) in [4.78, 5) is 15.0. The maximum absolute atomic E-state index is 10.8. The third-order valence-electron chi connectivity index (χ3n) is 3.48. The highest BCUT2D eigenvalue weighted by molar-refractivity contribution is 5.86. The topological polar surface area (TPSA) is 53.0 Å². The maximum Gasteiger partial charge on any atom is 0.0716 e. The molecular formula is C20H14NO2-. The Labute approximate surface area is 134 Å². The minimum absolute atomic E-state index is 0.124. The van der Waals surface area contributed by atoms with E-state index in [-0.39, 0.29) is 5.56 Å². The number of benzene rings is 2. The zero-order chi connectivity index (χ0) is 16.1. The van der Waals surface area contributed by atoms with Crippen LogP contribution in [-0.2, 0) is 0 Å². The normalized spacial score (nSPS) is 10.8. The summed E-state index contributed by atoms with van der Waals surface area (Å²) in [7, 11) is 0. The van der Waals surface area contributed by atoms with Crippen molar-refractivity contribution in [1.29, 1.82) is 0 Å². The predicted molar refractivity (Wildman–Crippen MR) is 89.4 cm³/mol. The van der Waals surface area contributed by atoms with Gasteiger partial charge in [0, 0.05) is 11.8 Å². The fourth-order valence-electron chi connectivity index (χ4n) is 2.27. The second-order valence-corrected chi connectivity index (χ2v) is 5.08. The summed E-state index contributed by atoms with van der Waals surface area (Å²) in [5.41, 5.74) is 4.05. The van der Waals surface area contributed by atoms with Gasteiger partial charge in [0.05, 0.1) is 11.7 Å². The first kappa shape index (κ1) is 14.7. The molecule has 3 nitrogen and oxygen atoms in total. The van der Waals surface area contributed by atoms with Crippen molar-refractivity contribution in [3.63, 3.8) is 0 Å². The maximum atomic E-state index is 10.8. The molecule has 0 aliphatic heterocycles. The molecule has 112 valence electrons. The van der Waals surface area contributed by atoms with Crippen LogP contribution in [-0.4, -0.2) is 11.0 Å². The number of carboxylic acids is 1. The Morgan fingerprint density at radius 1 is 0.870 bits per heavy atom. The van der Waals surface area contributed by atoms with E-state index in [0.717, 1.165) is 11.1 Å². The number of hydrogen-bond acceptors (Lipinski definition) is 3. The smallest absolute Gasteiger partial charge is 0.0716 e. The molecule has 0 aliphatic rings. The molecule has 0 spiro atoms. The van der Waals surface area contributed by atoms with Crippen LogP contribution in [0, 0.1) is 0 Å². The molecule has 3 aromatic rings. The molecule has 0 bridgehead atoms. The van der Waals surface area contributed by atoms with Crippen LogP contribution in [0.1, 0.15) is 21.6 Å². The largest absolute Gasteiger partial charge is 0.545 e. The average molecular weight is 300 g/mol. The van der Waals surface area contributed by atoms with E-state index >= 15 is 0 Å². The number of carbonyl (C=O) groups is 1. The van der Waals surface area contributed by atoms with Crippen molar-refractivity contribution in [2.75, 3.05) is 0 Å². The molecule has 0 saturated heterocycles. The standard InChI is InChI=1S/C20H15NO2/c22-20(23)18-12-13-21-19(14-18)11-8-15-6-9-17(10-7-15)16-4-2-1-3-5-16/h1-14H,(H,22,23)/p-1/b11-8+. The van der Waals surface area contributed by atoms with Crippen LogP contribution in [0.4, 0.5) is 0 Å². The molecule has 0 fully saturated rings. The van der Waals surface area contributed by atoms with Gasteiger partial charge in [-0.1, -0.05) is 60.7 Å². The molecule has 0 saturated carbocycles. The van der Waals surface area contributed by atoms with E-state index in [1.54, 1.807) is 6.08 Å². The van der Waals surface area contributed by atoms with E-state index in [2.05, 4.69) is 29.2 Å². The number of aromatic nitrogens is 1. The molecule has 1 aromatic heterocycles. The lowest BCUT2D eigenvalue weighted by Gasteiger charge is -2.03. The summed E-state index contributed by atoms with van der Waals surface area (Å²) >= 11 is 0. The third kappa shape index (κ3) is 3.71. The van der Waals surface area contributed by atoms with Gasteiger partial charge in [-0.2, -0.15) is 0 Å². The molecule has 1 heterocycles. The zero-order valence-corrected chi connectivity index (χ0v) is 12.3. The quantitative estimate of drug-likeness (QED) is 0.743. The van der Waals surface area contributed by atoms with Crippen molar-refractivity contribution in [3.05, 3.63) is 89.7 Å². The summed E-state index contributed by atoms with van der Waals surface area (Å²) in [6.07, 6.45) is 5.14. The van der Waals surface area contributed by atoms with Gasteiger partial charge in [0.25, 0.3) is 0 Å². The first-order valence-corrected chi connectivity index (χ1v) is 7.23. The average Bonchev–Trinajstić information content (AvgIpc) is 2.61. The molecule has 2 aromatic carbocycles. The van der Waals surface area contributed by atoms with Gasteiger partial charge >= 0.3 is 0 Å². The highest BCUT2D eigenvalue weighted by Crippen LogP contribution is 2.20. The van der Waals surface area contributed by atoms with Crippen LogP contribution < -0.4 is 5.11 Å². The molecule has 0 unspecified atom stereocenters. The third-order valence-corrected chi connectivity index (χ3v) is 3.48. The second-order valence-electron chi connectivity index (χ2n) is 5.08. The first-order chi connectivity index (χ1) is 11.2. The van der Waals surface area contributed by atoms with Gasteiger partial charge < -0.3 is 9.90 Å². The highest BCUT2D eigenvalue weighted by Gasteiger charge is 1.97. The Morgan fingerprint density at radius 3 is 2.26 bits per heavy atom. The summed E-state index contributed by atoms with van der Waals surface area (Å²) in [5, 5.41) is 10.8. The number of carboxylic acid groups (broad SMARTS) is 1. The predicted octanol–water partition coefficient (Wildman–Crippen LogP) is 3.28. The van der Waals surface area contributed by atoms with Gasteiger partial charge in [0.2, 0.25) is 0 Å². The van der Waals surface area contributed by atoms with E-state index in [4.69, 9.17) is 0 Å². The second kappa shape index (κ2) is 6.71. The van der Waals surface area contributed by atoms with Crippen LogP contribution in [0.2, 0.25) is 0 Å². The summed E-state index contributed by atoms with van der Waals surface area (Å²) in [6, 6.07) is 21.2. The van der Waals surface area contributed by atoms with Crippen LogP contribution >= 0.6 is 0 Å². The van der Waals surface area contributed by atoms with Crippen molar-refractivity contribution >= 4 is 18.1 Å². The summed E-state index contributed by atoms with van der Waals surface area (Å²) in [5.74, 6) is -1.20. The van der Waals surface area contributed by atoms with E-state index in [1.807, 2.05) is 36.4 Å². The molecule has 0 aliphatic carbocycles. The minimum atomic E-state index is -1.20.